The van der Waals surface area contributed by atoms with Gasteiger partial charge in [-0.1, -0.05) is 29.8 Å². The SMILES string of the molecule is COc1ccc(Cl)cc1NC(C)c1ccccc1[N+](=O)[O-]. The number of methoxy groups -OCH3 is 1. The average Bonchev–Trinajstić information content (AvgIpc) is 2.47. The standard InChI is InChI=1S/C15H15ClN2O3/c1-10(12-5-3-4-6-14(12)18(19)20)17-13-9-11(16)7-8-15(13)21-2/h3-10,17H,1-2H3. The molecule has 1 unspecified atom stereocenters. The molecule has 0 aliphatic carbocycles. The molecule has 2 rings (SSSR count). The summed E-state index contributed by atoms with van der Waals surface area (Å²) in [7, 11) is 1.56. The molecule has 1 N–H and O–H groups in total. The van der Waals surface area contributed by atoms with E-state index in [1.54, 1.807) is 43.5 Å². The van der Waals surface area contributed by atoms with E-state index in [1.165, 1.54) is 6.07 Å². The van der Waals surface area contributed by atoms with E-state index in [0.717, 1.165) is 0 Å². The number of nitro benzene ring substituents is 1. The van der Waals surface area contributed by atoms with Crippen LogP contribution in [0.15, 0.2) is 42.5 Å². The monoisotopic (exact) mass is 306 g/mol. The van der Waals surface area contributed by atoms with Crippen molar-refractivity contribution in [2.24, 2.45) is 0 Å². The second-order valence-corrected chi connectivity index (χ2v) is 4.96. The number of ether oxygens (including phenoxy) is 1. The fourth-order valence-corrected chi connectivity index (χ4v) is 2.30. The van der Waals surface area contributed by atoms with Gasteiger partial charge in [0.05, 0.1) is 29.3 Å². The molecule has 21 heavy (non-hydrogen) atoms. The molecule has 1 atom stereocenters. The van der Waals surface area contributed by atoms with E-state index >= 15 is 0 Å². The molecule has 0 aromatic heterocycles. The maximum Gasteiger partial charge on any atom is 0.274 e. The van der Waals surface area contributed by atoms with Crippen LogP contribution in [0.1, 0.15) is 18.5 Å². The van der Waals surface area contributed by atoms with Crippen molar-refractivity contribution in [3.05, 3.63) is 63.2 Å². The Morgan fingerprint density at radius 1 is 1.29 bits per heavy atom. The summed E-state index contributed by atoms with van der Waals surface area (Å²) in [5.41, 5.74) is 1.37. The van der Waals surface area contributed by atoms with Crippen molar-refractivity contribution in [3.8, 4) is 5.75 Å². The lowest BCUT2D eigenvalue weighted by Gasteiger charge is -2.18. The highest BCUT2D eigenvalue weighted by Crippen LogP contribution is 2.33. The highest BCUT2D eigenvalue weighted by atomic mass is 35.5. The van der Waals surface area contributed by atoms with Crippen LogP contribution in [0.25, 0.3) is 0 Å². The fraction of sp³-hybridized carbons (Fsp3) is 0.200. The van der Waals surface area contributed by atoms with Gasteiger partial charge in [-0.3, -0.25) is 10.1 Å². The van der Waals surface area contributed by atoms with Crippen LogP contribution in [0, 0.1) is 10.1 Å². The lowest BCUT2D eigenvalue weighted by molar-refractivity contribution is -0.385. The summed E-state index contributed by atoms with van der Waals surface area (Å²) in [5, 5.41) is 14.9. The maximum atomic E-state index is 11.1. The number of anilines is 1. The van der Waals surface area contributed by atoms with E-state index in [2.05, 4.69) is 5.32 Å². The second kappa shape index (κ2) is 6.45. The van der Waals surface area contributed by atoms with Crippen molar-refractivity contribution < 1.29 is 9.66 Å². The topological polar surface area (TPSA) is 64.4 Å². The first-order valence-corrected chi connectivity index (χ1v) is 6.74. The molecule has 0 aliphatic rings. The zero-order valence-corrected chi connectivity index (χ0v) is 12.4. The van der Waals surface area contributed by atoms with Gasteiger partial charge in [-0.25, -0.2) is 0 Å². The number of para-hydroxylation sites is 1. The molecule has 2 aromatic carbocycles. The van der Waals surface area contributed by atoms with Crippen LogP contribution < -0.4 is 10.1 Å². The number of halogens is 1. The van der Waals surface area contributed by atoms with Gasteiger partial charge < -0.3 is 10.1 Å². The van der Waals surface area contributed by atoms with Gasteiger partial charge in [0.15, 0.2) is 0 Å². The summed E-state index contributed by atoms with van der Waals surface area (Å²) in [6, 6.07) is 11.6. The normalized spacial score (nSPS) is 11.8. The Hall–Kier alpha value is -2.27. The molecule has 0 amide bonds. The van der Waals surface area contributed by atoms with Crippen molar-refractivity contribution in [2.45, 2.75) is 13.0 Å². The van der Waals surface area contributed by atoms with E-state index in [9.17, 15) is 10.1 Å². The third-order valence-electron chi connectivity index (χ3n) is 3.13. The summed E-state index contributed by atoms with van der Waals surface area (Å²) < 4.78 is 5.26. The molecule has 0 fully saturated rings. The van der Waals surface area contributed by atoms with E-state index < -0.39 is 0 Å². The Bertz CT molecular complexity index is 661. The summed E-state index contributed by atoms with van der Waals surface area (Å²) in [4.78, 5) is 10.7. The van der Waals surface area contributed by atoms with Gasteiger partial charge in [0.25, 0.3) is 5.69 Å². The summed E-state index contributed by atoms with van der Waals surface area (Å²) in [6.45, 7) is 1.85. The van der Waals surface area contributed by atoms with E-state index in [4.69, 9.17) is 16.3 Å². The van der Waals surface area contributed by atoms with Crippen molar-refractivity contribution in [1.29, 1.82) is 0 Å². The first-order valence-electron chi connectivity index (χ1n) is 6.36. The van der Waals surface area contributed by atoms with Crippen molar-refractivity contribution >= 4 is 23.0 Å². The van der Waals surface area contributed by atoms with Gasteiger partial charge in [-0.2, -0.15) is 0 Å². The Morgan fingerprint density at radius 2 is 2.00 bits per heavy atom. The molecular formula is C15H15ClN2O3. The molecule has 0 radical (unpaired) electrons. The molecule has 0 bridgehead atoms. The Balaban J connectivity index is 2.32. The molecule has 2 aromatic rings. The molecule has 0 heterocycles. The van der Waals surface area contributed by atoms with Gasteiger partial charge in [-0.15, -0.1) is 0 Å². The summed E-state index contributed by atoms with van der Waals surface area (Å²) in [6.07, 6.45) is 0. The minimum Gasteiger partial charge on any atom is -0.495 e. The number of nitrogens with zero attached hydrogens (tertiary/aromatic N) is 1. The van der Waals surface area contributed by atoms with Crippen LogP contribution in [0.5, 0.6) is 5.75 Å². The van der Waals surface area contributed by atoms with Crippen LogP contribution in [0.3, 0.4) is 0 Å². The van der Waals surface area contributed by atoms with Crippen molar-refractivity contribution in [2.75, 3.05) is 12.4 Å². The number of nitro groups is 1. The van der Waals surface area contributed by atoms with Crippen molar-refractivity contribution in [3.63, 3.8) is 0 Å². The molecule has 0 saturated carbocycles. The Morgan fingerprint density at radius 3 is 2.67 bits per heavy atom. The molecule has 0 aliphatic heterocycles. The van der Waals surface area contributed by atoms with Crippen LogP contribution in [0.4, 0.5) is 11.4 Å². The lowest BCUT2D eigenvalue weighted by atomic mass is 10.1. The van der Waals surface area contributed by atoms with E-state index in [0.29, 0.717) is 22.0 Å². The maximum absolute atomic E-state index is 11.1. The van der Waals surface area contributed by atoms with E-state index in [-0.39, 0.29) is 16.7 Å². The zero-order chi connectivity index (χ0) is 15.4. The quantitative estimate of drug-likeness (QED) is 0.655. The molecule has 0 spiro atoms. The van der Waals surface area contributed by atoms with Crippen LogP contribution in [-0.2, 0) is 0 Å². The van der Waals surface area contributed by atoms with Gasteiger partial charge in [0, 0.05) is 11.1 Å². The third kappa shape index (κ3) is 3.44. The molecule has 110 valence electrons. The lowest BCUT2D eigenvalue weighted by Crippen LogP contribution is -2.09. The van der Waals surface area contributed by atoms with Gasteiger partial charge in [0.2, 0.25) is 0 Å². The predicted molar refractivity (Wildman–Crippen MR) is 83.1 cm³/mol. The van der Waals surface area contributed by atoms with Gasteiger partial charge >= 0.3 is 0 Å². The number of nitrogens with one attached hydrogen (secondary N) is 1. The van der Waals surface area contributed by atoms with Crippen LogP contribution in [-0.4, -0.2) is 12.0 Å². The minimum atomic E-state index is -0.386. The first kappa shape index (κ1) is 15.1. The number of hydrogen-bond donors (Lipinski definition) is 1. The molecule has 6 heteroatoms. The molecule has 5 nitrogen and oxygen atoms in total. The Kier molecular flexibility index (Phi) is 4.65. The second-order valence-electron chi connectivity index (χ2n) is 4.53. The largest absolute Gasteiger partial charge is 0.495 e. The predicted octanol–water partition coefficient (Wildman–Crippen LogP) is 4.43. The summed E-state index contributed by atoms with van der Waals surface area (Å²) >= 11 is 5.98. The fourth-order valence-electron chi connectivity index (χ4n) is 2.12. The molecular weight excluding hydrogens is 292 g/mol. The van der Waals surface area contributed by atoms with Gasteiger partial charge in [0.1, 0.15) is 5.75 Å². The minimum absolute atomic E-state index is 0.0819. The van der Waals surface area contributed by atoms with Crippen LogP contribution >= 0.6 is 11.6 Å². The highest BCUT2D eigenvalue weighted by Gasteiger charge is 2.19. The van der Waals surface area contributed by atoms with Crippen molar-refractivity contribution in [1.82, 2.24) is 0 Å². The number of benzene rings is 2. The van der Waals surface area contributed by atoms with Gasteiger partial charge in [-0.05, 0) is 25.1 Å². The highest BCUT2D eigenvalue weighted by molar-refractivity contribution is 6.30. The van der Waals surface area contributed by atoms with Crippen LogP contribution in [0.2, 0.25) is 5.02 Å². The smallest absolute Gasteiger partial charge is 0.274 e. The zero-order valence-electron chi connectivity index (χ0n) is 11.7. The number of hydrogen-bond acceptors (Lipinski definition) is 4. The average molecular weight is 307 g/mol. The third-order valence-corrected chi connectivity index (χ3v) is 3.37. The first-order chi connectivity index (χ1) is 10.0. The van der Waals surface area contributed by atoms with E-state index in [1.807, 2.05) is 6.92 Å². The Labute approximate surface area is 127 Å². The molecule has 0 saturated heterocycles. The summed E-state index contributed by atoms with van der Waals surface area (Å²) in [5.74, 6) is 0.629. The number of rotatable bonds is 5.